The molecule has 1 amide bonds. The van der Waals surface area contributed by atoms with Gasteiger partial charge in [-0.3, -0.25) is 0 Å². The van der Waals surface area contributed by atoms with E-state index in [0.29, 0.717) is 24.6 Å². The zero-order valence-electron chi connectivity index (χ0n) is 19.5. The van der Waals surface area contributed by atoms with E-state index in [9.17, 15) is 13.2 Å². The van der Waals surface area contributed by atoms with Gasteiger partial charge in [-0.05, 0) is 67.6 Å². The Morgan fingerprint density at radius 1 is 1.09 bits per heavy atom. The van der Waals surface area contributed by atoms with Crippen LogP contribution >= 0.6 is 0 Å². The summed E-state index contributed by atoms with van der Waals surface area (Å²) in [6.07, 6.45) is 2.72. The summed E-state index contributed by atoms with van der Waals surface area (Å²) in [7, 11) is -3.19. The van der Waals surface area contributed by atoms with Crippen molar-refractivity contribution < 1.29 is 22.7 Å². The molecule has 0 unspecified atom stereocenters. The van der Waals surface area contributed by atoms with E-state index in [1.54, 1.807) is 17.0 Å². The van der Waals surface area contributed by atoms with Crippen LogP contribution in [0.2, 0.25) is 0 Å². The molecule has 2 heterocycles. The number of ether oxygens (including phenoxy) is 2. The molecule has 2 aromatic rings. The maximum Gasteiger partial charge on any atom is 0.410 e. The average molecular weight is 473 g/mol. The number of rotatable bonds is 6. The van der Waals surface area contributed by atoms with Gasteiger partial charge in [0.2, 0.25) is 0 Å². The highest BCUT2D eigenvalue weighted by molar-refractivity contribution is 7.90. The number of nitrogens with zero attached hydrogens (tertiary/aromatic N) is 2. The third kappa shape index (κ3) is 5.86. The van der Waals surface area contributed by atoms with Crippen molar-refractivity contribution in [3.63, 3.8) is 0 Å². The maximum atomic E-state index is 12.3. The highest BCUT2D eigenvalue weighted by atomic mass is 32.2. The lowest BCUT2D eigenvalue weighted by Crippen LogP contribution is -2.37. The van der Waals surface area contributed by atoms with Crippen molar-refractivity contribution in [2.45, 2.75) is 56.9 Å². The van der Waals surface area contributed by atoms with E-state index in [2.05, 4.69) is 23.1 Å². The molecule has 1 saturated heterocycles. The van der Waals surface area contributed by atoms with Crippen molar-refractivity contribution in [1.29, 1.82) is 0 Å². The average Bonchev–Trinajstić information content (AvgIpc) is 3.25. The molecule has 8 heteroatoms. The van der Waals surface area contributed by atoms with Gasteiger partial charge in [-0.1, -0.05) is 18.2 Å². The molecule has 0 N–H and O–H groups in total. The highest BCUT2D eigenvalue weighted by Gasteiger charge is 2.25. The Morgan fingerprint density at radius 2 is 1.85 bits per heavy atom. The summed E-state index contributed by atoms with van der Waals surface area (Å²) < 4.78 is 34.9. The summed E-state index contributed by atoms with van der Waals surface area (Å²) in [4.78, 5) is 16.6. The molecule has 2 aromatic carbocycles. The molecule has 2 aliphatic rings. The summed E-state index contributed by atoms with van der Waals surface area (Å²) in [5.41, 5.74) is 4.54. The van der Waals surface area contributed by atoms with E-state index >= 15 is 0 Å². The van der Waals surface area contributed by atoms with Crippen LogP contribution in [0.1, 0.15) is 37.0 Å². The number of carbonyl (C=O) groups is 1. The Labute approximate surface area is 196 Å². The molecule has 0 radical (unpaired) electrons. The van der Waals surface area contributed by atoms with Crippen LogP contribution in [0.5, 0.6) is 0 Å². The van der Waals surface area contributed by atoms with E-state index in [1.165, 1.54) is 11.8 Å². The molecule has 0 saturated carbocycles. The van der Waals surface area contributed by atoms with E-state index in [4.69, 9.17) is 9.47 Å². The van der Waals surface area contributed by atoms with Crippen molar-refractivity contribution in [2.75, 3.05) is 30.8 Å². The van der Waals surface area contributed by atoms with Crippen molar-refractivity contribution in [3.05, 3.63) is 59.2 Å². The van der Waals surface area contributed by atoms with Crippen molar-refractivity contribution in [1.82, 2.24) is 4.90 Å². The smallest absolute Gasteiger partial charge is 0.410 e. The van der Waals surface area contributed by atoms with Gasteiger partial charge in [0.15, 0.2) is 9.84 Å². The number of benzene rings is 2. The minimum atomic E-state index is -3.19. The first-order chi connectivity index (χ1) is 15.7. The molecule has 1 fully saturated rings. The Balaban J connectivity index is 1.32. The second kappa shape index (κ2) is 9.73. The number of hydrogen-bond acceptors (Lipinski definition) is 6. The fourth-order valence-electron chi connectivity index (χ4n) is 4.35. The van der Waals surface area contributed by atoms with Gasteiger partial charge in [-0.15, -0.1) is 0 Å². The maximum absolute atomic E-state index is 12.3. The third-order valence-electron chi connectivity index (χ3n) is 6.14. The SMILES string of the molecule is CC(C)OC(=O)N1CCc2ccc(CO[C@H]3CCN(c4ccc(S(C)(=O)=O)cc4)C3)cc2C1. The first-order valence-electron chi connectivity index (χ1n) is 11.4. The number of amides is 1. The lowest BCUT2D eigenvalue weighted by molar-refractivity contribution is 0.0552. The van der Waals surface area contributed by atoms with Crippen LogP contribution in [0.3, 0.4) is 0 Å². The van der Waals surface area contributed by atoms with Gasteiger partial charge in [0.25, 0.3) is 0 Å². The molecule has 2 aliphatic heterocycles. The second-order valence-corrected chi connectivity index (χ2v) is 11.2. The van der Waals surface area contributed by atoms with Crippen LogP contribution in [0.25, 0.3) is 0 Å². The molecule has 1 atom stereocenters. The van der Waals surface area contributed by atoms with Crippen LogP contribution in [0.15, 0.2) is 47.4 Å². The highest BCUT2D eigenvalue weighted by Crippen LogP contribution is 2.25. The van der Waals surface area contributed by atoms with Crippen molar-refractivity contribution in [2.24, 2.45) is 0 Å². The number of fused-ring (bicyclic) bond motifs is 1. The molecular weight excluding hydrogens is 440 g/mol. The standard InChI is InChI=1S/C25H32N2O5S/c1-18(2)32-25(28)27-12-10-20-5-4-19(14-21(20)15-27)17-31-23-11-13-26(16-23)22-6-8-24(9-7-22)33(3,29)30/h4-9,14,18,23H,10-13,15-17H2,1-3H3/t23-/m0/s1. The quantitative estimate of drug-likeness (QED) is 0.637. The predicted octanol–water partition coefficient (Wildman–Crippen LogP) is 3.79. The van der Waals surface area contributed by atoms with Gasteiger partial charge in [0.05, 0.1) is 23.7 Å². The minimum absolute atomic E-state index is 0.119. The van der Waals surface area contributed by atoms with Crippen molar-refractivity contribution >= 4 is 21.6 Å². The first kappa shape index (κ1) is 23.6. The minimum Gasteiger partial charge on any atom is -0.447 e. The summed E-state index contributed by atoms with van der Waals surface area (Å²) in [5, 5.41) is 0. The van der Waals surface area contributed by atoms with Gasteiger partial charge >= 0.3 is 6.09 Å². The molecule has 0 spiro atoms. The molecule has 4 rings (SSSR count). The number of anilines is 1. The second-order valence-electron chi connectivity index (χ2n) is 9.14. The van der Waals surface area contributed by atoms with Crippen LogP contribution < -0.4 is 4.90 Å². The molecule has 178 valence electrons. The summed E-state index contributed by atoms with van der Waals surface area (Å²) in [6.45, 7) is 7.14. The molecule has 7 nitrogen and oxygen atoms in total. The normalized spacial score (nSPS) is 18.5. The first-order valence-corrected chi connectivity index (χ1v) is 13.3. The molecule has 0 bridgehead atoms. The zero-order valence-corrected chi connectivity index (χ0v) is 20.3. The fourth-order valence-corrected chi connectivity index (χ4v) is 4.98. The summed E-state index contributed by atoms with van der Waals surface area (Å²) >= 11 is 0. The van der Waals surface area contributed by atoms with Gasteiger partial charge in [-0.25, -0.2) is 13.2 Å². The van der Waals surface area contributed by atoms with E-state index in [0.717, 1.165) is 42.7 Å². The monoisotopic (exact) mass is 472 g/mol. The Bertz CT molecular complexity index is 1100. The van der Waals surface area contributed by atoms with Gasteiger partial charge in [-0.2, -0.15) is 0 Å². The summed E-state index contributed by atoms with van der Waals surface area (Å²) in [6, 6.07) is 13.4. The Hall–Kier alpha value is -2.58. The van der Waals surface area contributed by atoms with E-state index in [-0.39, 0.29) is 18.3 Å². The van der Waals surface area contributed by atoms with Crippen LogP contribution in [0, 0.1) is 0 Å². The van der Waals surface area contributed by atoms with E-state index < -0.39 is 9.84 Å². The summed E-state index contributed by atoms with van der Waals surface area (Å²) in [5.74, 6) is 0. The largest absolute Gasteiger partial charge is 0.447 e. The molecule has 33 heavy (non-hydrogen) atoms. The Kier molecular flexibility index (Phi) is 6.95. The molecule has 0 aromatic heterocycles. The lowest BCUT2D eigenvalue weighted by atomic mass is 9.98. The van der Waals surface area contributed by atoms with Gasteiger partial charge in [0, 0.05) is 38.1 Å². The number of sulfone groups is 1. The third-order valence-corrected chi connectivity index (χ3v) is 7.27. The van der Waals surface area contributed by atoms with Gasteiger partial charge < -0.3 is 19.3 Å². The fraction of sp³-hybridized carbons (Fsp3) is 0.480. The van der Waals surface area contributed by atoms with Gasteiger partial charge in [0.1, 0.15) is 0 Å². The van der Waals surface area contributed by atoms with Crippen molar-refractivity contribution in [3.8, 4) is 0 Å². The Morgan fingerprint density at radius 3 is 2.55 bits per heavy atom. The zero-order chi connectivity index (χ0) is 23.6. The topological polar surface area (TPSA) is 76.2 Å². The van der Waals surface area contributed by atoms with E-state index in [1.807, 2.05) is 26.0 Å². The molecule has 0 aliphatic carbocycles. The molecular formula is C25H32N2O5S. The number of hydrogen-bond donors (Lipinski definition) is 0. The van der Waals surface area contributed by atoms with Crippen LogP contribution in [0.4, 0.5) is 10.5 Å². The van der Waals surface area contributed by atoms with Crippen LogP contribution in [-0.4, -0.2) is 57.5 Å². The van der Waals surface area contributed by atoms with Crippen LogP contribution in [-0.2, 0) is 38.9 Å². The predicted molar refractivity (Wildman–Crippen MR) is 127 cm³/mol. The lowest BCUT2D eigenvalue weighted by Gasteiger charge is -2.29. The number of carbonyl (C=O) groups excluding carboxylic acids is 1.